The molecule has 20 heavy (non-hydrogen) atoms. The van der Waals surface area contributed by atoms with Crippen LogP contribution in [0.25, 0.3) is 0 Å². The molecule has 0 aliphatic carbocycles. The van der Waals surface area contributed by atoms with Crippen LogP contribution in [0.5, 0.6) is 0 Å². The molecule has 1 aromatic carbocycles. The van der Waals surface area contributed by atoms with E-state index in [9.17, 15) is 0 Å². The van der Waals surface area contributed by atoms with Gasteiger partial charge in [0.05, 0.1) is 0 Å². The van der Waals surface area contributed by atoms with Crippen molar-refractivity contribution in [2.24, 2.45) is 4.99 Å². The molecule has 112 valence electrons. The zero-order valence-electron chi connectivity index (χ0n) is 14.0. The molecule has 0 saturated carbocycles. The standard InChI is InChI=1S/C16H30N2Si2/c1-19(2,3)18(20(4,5)6)14-10-13-17-15-16-11-8-7-9-12-16/h7-9,11-12,15H,10,13-14H2,1-6H3. The second-order valence-corrected chi connectivity index (χ2v) is 17.5. The SMILES string of the molecule is C[Si](C)(C)N(CCCN=Cc1ccccc1)[Si](C)(C)C. The minimum absolute atomic E-state index is 0.931. The highest BCUT2D eigenvalue weighted by Crippen LogP contribution is 2.19. The van der Waals surface area contributed by atoms with Gasteiger partial charge in [-0.15, -0.1) is 0 Å². The summed E-state index contributed by atoms with van der Waals surface area (Å²) in [5.74, 6) is 0. The Morgan fingerprint density at radius 3 is 2.00 bits per heavy atom. The lowest BCUT2D eigenvalue weighted by Crippen LogP contribution is -2.59. The summed E-state index contributed by atoms with van der Waals surface area (Å²) in [6, 6.07) is 10.3. The van der Waals surface area contributed by atoms with Crippen LogP contribution >= 0.6 is 0 Å². The molecule has 0 fully saturated rings. The highest BCUT2D eigenvalue weighted by molar-refractivity contribution is 6.89. The molecule has 0 aromatic heterocycles. The normalized spacial score (nSPS) is 13.3. The van der Waals surface area contributed by atoms with Crippen LogP contribution in [-0.2, 0) is 0 Å². The Morgan fingerprint density at radius 1 is 0.950 bits per heavy atom. The Labute approximate surface area is 127 Å². The smallest absolute Gasteiger partial charge is 0.112 e. The maximum Gasteiger partial charge on any atom is 0.112 e. The number of benzene rings is 1. The Morgan fingerprint density at radius 2 is 1.50 bits per heavy atom. The molecule has 1 aromatic rings. The van der Waals surface area contributed by atoms with Gasteiger partial charge >= 0.3 is 0 Å². The van der Waals surface area contributed by atoms with Crippen LogP contribution in [0.3, 0.4) is 0 Å². The first-order valence-electron chi connectivity index (χ1n) is 7.54. The van der Waals surface area contributed by atoms with Gasteiger partial charge in [0.15, 0.2) is 0 Å². The number of nitrogens with zero attached hydrogens (tertiary/aromatic N) is 2. The molecule has 0 unspecified atom stereocenters. The van der Waals surface area contributed by atoms with Gasteiger partial charge in [-0.05, 0) is 18.5 Å². The third-order valence-corrected chi connectivity index (χ3v) is 11.0. The second-order valence-electron chi connectivity index (χ2n) is 7.29. The monoisotopic (exact) mass is 306 g/mol. The van der Waals surface area contributed by atoms with E-state index < -0.39 is 16.5 Å². The molecule has 0 N–H and O–H groups in total. The highest BCUT2D eigenvalue weighted by atomic mass is 28.4. The lowest BCUT2D eigenvalue weighted by Gasteiger charge is -2.43. The summed E-state index contributed by atoms with van der Waals surface area (Å²) in [5.41, 5.74) is 1.19. The van der Waals surface area contributed by atoms with Crippen LogP contribution in [0.15, 0.2) is 35.3 Å². The molecule has 2 nitrogen and oxygen atoms in total. The zero-order chi connectivity index (χ0) is 15.2. The van der Waals surface area contributed by atoms with Gasteiger partial charge in [-0.25, -0.2) is 0 Å². The molecule has 0 saturated heterocycles. The molecule has 0 amide bonds. The first-order chi connectivity index (χ1) is 9.21. The van der Waals surface area contributed by atoms with Gasteiger partial charge in [0.25, 0.3) is 0 Å². The van der Waals surface area contributed by atoms with Crippen LogP contribution < -0.4 is 0 Å². The fourth-order valence-electron chi connectivity index (χ4n) is 2.71. The van der Waals surface area contributed by atoms with Gasteiger partial charge in [-0.3, -0.25) is 4.99 Å². The van der Waals surface area contributed by atoms with Crippen LogP contribution in [0, 0.1) is 0 Å². The molecule has 0 bridgehead atoms. The van der Waals surface area contributed by atoms with Crippen LogP contribution in [0.1, 0.15) is 12.0 Å². The van der Waals surface area contributed by atoms with Gasteiger partial charge < -0.3 is 4.23 Å². The maximum atomic E-state index is 4.56. The van der Waals surface area contributed by atoms with Crippen molar-refractivity contribution in [3.8, 4) is 0 Å². The van der Waals surface area contributed by atoms with E-state index in [-0.39, 0.29) is 0 Å². The average Bonchev–Trinajstić information content (AvgIpc) is 2.31. The molecular weight excluding hydrogens is 276 g/mol. The summed E-state index contributed by atoms with van der Waals surface area (Å²) in [6.45, 7) is 16.9. The Hall–Kier alpha value is -0.716. The van der Waals surface area contributed by atoms with Crippen molar-refractivity contribution in [1.82, 2.24) is 4.23 Å². The van der Waals surface area contributed by atoms with E-state index in [0.717, 1.165) is 13.0 Å². The number of hydrogen-bond donors (Lipinski definition) is 0. The van der Waals surface area contributed by atoms with E-state index >= 15 is 0 Å². The number of aliphatic imine (C=N–C) groups is 1. The summed E-state index contributed by atoms with van der Waals surface area (Å²) in [5, 5.41) is 0. The summed E-state index contributed by atoms with van der Waals surface area (Å²) in [7, 11) is -2.41. The average molecular weight is 307 g/mol. The van der Waals surface area contributed by atoms with Gasteiger partial charge in [0.2, 0.25) is 0 Å². The first-order valence-corrected chi connectivity index (χ1v) is 14.4. The highest BCUT2D eigenvalue weighted by Gasteiger charge is 2.33. The van der Waals surface area contributed by atoms with Crippen molar-refractivity contribution < 1.29 is 0 Å². The van der Waals surface area contributed by atoms with Crippen LogP contribution in [0.2, 0.25) is 39.3 Å². The first kappa shape index (κ1) is 17.3. The maximum absolute atomic E-state index is 4.56. The molecule has 0 atom stereocenters. The predicted molar refractivity (Wildman–Crippen MR) is 96.9 cm³/mol. The van der Waals surface area contributed by atoms with E-state index in [1.54, 1.807) is 0 Å². The summed E-state index contributed by atoms with van der Waals surface area (Å²) < 4.78 is 2.83. The minimum Gasteiger partial charge on any atom is -0.346 e. The molecule has 0 spiro atoms. The summed E-state index contributed by atoms with van der Waals surface area (Å²) >= 11 is 0. The van der Waals surface area contributed by atoms with Crippen molar-refractivity contribution in [2.75, 3.05) is 13.1 Å². The van der Waals surface area contributed by atoms with E-state index in [4.69, 9.17) is 0 Å². The molecular formula is C16H30N2Si2. The number of hydrogen-bond acceptors (Lipinski definition) is 2. The Balaban J connectivity index is 2.44. The summed E-state index contributed by atoms with van der Waals surface area (Å²) in [6.07, 6.45) is 3.16. The van der Waals surface area contributed by atoms with Crippen molar-refractivity contribution in [3.63, 3.8) is 0 Å². The fraction of sp³-hybridized carbons (Fsp3) is 0.562. The quantitative estimate of drug-likeness (QED) is 0.412. The van der Waals surface area contributed by atoms with Crippen molar-refractivity contribution in [2.45, 2.75) is 45.7 Å². The van der Waals surface area contributed by atoms with E-state index in [0.29, 0.717) is 0 Å². The van der Waals surface area contributed by atoms with Crippen molar-refractivity contribution >= 4 is 22.7 Å². The summed E-state index contributed by atoms with van der Waals surface area (Å²) in [4.78, 5) is 4.56. The van der Waals surface area contributed by atoms with Crippen LogP contribution in [0.4, 0.5) is 0 Å². The molecule has 4 heteroatoms. The fourth-order valence-corrected chi connectivity index (χ4v) is 12.4. The molecule has 0 aliphatic heterocycles. The van der Waals surface area contributed by atoms with Crippen molar-refractivity contribution in [3.05, 3.63) is 35.9 Å². The van der Waals surface area contributed by atoms with E-state index in [1.165, 1.54) is 12.1 Å². The Bertz CT molecular complexity index is 402. The van der Waals surface area contributed by atoms with E-state index in [2.05, 4.69) is 72.8 Å². The lowest BCUT2D eigenvalue weighted by molar-refractivity contribution is 0.587. The molecule has 0 aliphatic rings. The van der Waals surface area contributed by atoms with Gasteiger partial charge in [-0.1, -0.05) is 69.6 Å². The van der Waals surface area contributed by atoms with Gasteiger partial charge in [0, 0.05) is 12.8 Å². The zero-order valence-corrected chi connectivity index (χ0v) is 16.0. The number of rotatable bonds is 7. The van der Waals surface area contributed by atoms with Crippen LogP contribution in [-0.4, -0.2) is 40.0 Å². The third kappa shape index (κ3) is 6.16. The third-order valence-electron chi connectivity index (χ3n) is 3.33. The van der Waals surface area contributed by atoms with E-state index in [1.807, 2.05) is 12.3 Å². The lowest BCUT2D eigenvalue weighted by atomic mass is 10.2. The second kappa shape index (κ2) is 7.34. The largest absolute Gasteiger partial charge is 0.346 e. The predicted octanol–water partition coefficient (Wildman–Crippen LogP) is 4.47. The molecule has 1 rings (SSSR count). The van der Waals surface area contributed by atoms with Gasteiger partial charge in [0.1, 0.15) is 16.5 Å². The topological polar surface area (TPSA) is 15.6 Å². The van der Waals surface area contributed by atoms with Crippen molar-refractivity contribution in [1.29, 1.82) is 0 Å². The molecule has 0 radical (unpaired) electrons. The molecule has 0 heterocycles. The van der Waals surface area contributed by atoms with Gasteiger partial charge in [-0.2, -0.15) is 0 Å². The minimum atomic E-state index is -1.20. The Kier molecular flexibility index (Phi) is 6.36.